The largest absolute Gasteiger partial charge is 0.462 e. The number of amides is 1. The maximum absolute atomic E-state index is 11.7. The van der Waals surface area contributed by atoms with E-state index < -0.39 is 74.3 Å². The molecule has 1 amide bonds. The molecule has 4 rings (SSSR count). The van der Waals surface area contributed by atoms with Gasteiger partial charge in [0.25, 0.3) is 0 Å². The number of carbonyl (C=O) groups is 1. The summed E-state index contributed by atoms with van der Waals surface area (Å²) in [7, 11) is 1.58. The van der Waals surface area contributed by atoms with Crippen LogP contribution in [0.5, 0.6) is 5.75 Å². The Morgan fingerprint density at radius 1 is 0.800 bits per heavy atom. The minimum atomic E-state index is -1.60. The molecule has 12 nitrogen and oxygen atoms in total. The highest BCUT2D eigenvalue weighted by molar-refractivity contribution is 5.79. The molecule has 0 aliphatic carbocycles. The average Bonchev–Trinajstić information content (AvgIpc) is 2.97. The Bertz CT molecular complexity index is 1110. The van der Waals surface area contributed by atoms with Crippen LogP contribution in [0.1, 0.15) is 12.0 Å². The van der Waals surface area contributed by atoms with Crippen LogP contribution in [0.25, 0.3) is 11.1 Å². The fourth-order valence-electron chi connectivity index (χ4n) is 5.18. The van der Waals surface area contributed by atoms with Crippen LogP contribution >= 0.6 is 0 Å². The number of nitrogens with one attached hydrogen (secondary N) is 1. The van der Waals surface area contributed by atoms with Gasteiger partial charge in [-0.05, 0) is 35.2 Å². The quantitative estimate of drug-likeness (QED) is 0.173. The summed E-state index contributed by atoms with van der Waals surface area (Å²) >= 11 is 0. The molecule has 40 heavy (non-hydrogen) atoms. The molecule has 2 fully saturated rings. The van der Waals surface area contributed by atoms with E-state index in [4.69, 9.17) is 14.2 Å². The number of hydrogen-bond acceptors (Lipinski definition) is 11. The third-order valence-corrected chi connectivity index (χ3v) is 7.53. The summed E-state index contributed by atoms with van der Waals surface area (Å²) in [6.07, 6.45) is -12.1. The van der Waals surface area contributed by atoms with Gasteiger partial charge in [-0.2, -0.15) is 0 Å². The van der Waals surface area contributed by atoms with Gasteiger partial charge in [0.1, 0.15) is 42.4 Å². The van der Waals surface area contributed by atoms with Crippen molar-refractivity contribution < 1.29 is 54.8 Å². The number of benzene rings is 2. The van der Waals surface area contributed by atoms with Crippen LogP contribution in [0, 0.1) is 5.92 Å². The van der Waals surface area contributed by atoms with E-state index >= 15 is 0 Å². The molecule has 220 valence electrons. The second-order valence-electron chi connectivity index (χ2n) is 10.2. The summed E-state index contributed by atoms with van der Waals surface area (Å²) in [4.78, 5) is 11.7. The van der Waals surface area contributed by atoms with E-state index in [0.29, 0.717) is 5.75 Å². The third kappa shape index (κ3) is 6.62. The van der Waals surface area contributed by atoms with Gasteiger partial charge < -0.3 is 55.3 Å². The molecule has 10 atom stereocenters. The van der Waals surface area contributed by atoms with Gasteiger partial charge in [0.2, 0.25) is 12.2 Å². The molecule has 2 aromatic rings. The zero-order valence-corrected chi connectivity index (χ0v) is 22.0. The highest BCUT2D eigenvalue weighted by atomic mass is 16.7. The van der Waals surface area contributed by atoms with E-state index in [2.05, 4.69) is 5.32 Å². The zero-order valence-electron chi connectivity index (χ0n) is 22.0. The van der Waals surface area contributed by atoms with Crippen molar-refractivity contribution in [1.82, 2.24) is 5.32 Å². The molecule has 0 radical (unpaired) electrons. The summed E-state index contributed by atoms with van der Waals surface area (Å²) in [5, 5.41) is 74.3. The molecule has 2 aliphatic rings. The molecular weight excluding hydrogens is 526 g/mol. The van der Waals surface area contributed by atoms with Crippen LogP contribution in [-0.2, 0) is 20.7 Å². The lowest BCUT2D eigenvalue weighted by Gasteiger charge is -2.46. The SMILES string of the molecule is CNC(=O)Cc1cccc(-c2ccc(OC3OC(CO)C(O)C(CC4OC(CO)C(O)C(O)C4O)C3O)cc2)c1. The van der Waals surface area contributed by atoms with Crippen molar-refractivity contribution in [2.24, 2.45) is 5.92 Å². The van der Waals surface area contributed by atoms with E-state index in [1.54, 1.807) is 31.3 Å². The number of hydrogen-bond donors (Lipinski definition) is 8. The molecule has 2 heterocycles. The zero-order chi connectivity index (χ0) is 29.0. The maximum atomic E-state index is 11.7. The van der Waals surface area contributed by atoms with Gasteiger partial charge in [0.05, 0.1) is 31.8 Å². The third-order valence-electron chi connectivity index (χ3n) is 7.53. The lowest BCUT2D eigenvalue weighted by molar-refractivity contribution is -0.278. The number of likely N-dealkylation sites (N-methyl/N-ethyl adjacent to an activating group) is 1. The van der Waals surface area contributed by atoms with Crippen molar-refractivity contribution in [3.05, 3.63) is 54.1 Å². The summed E-state index contributed by atoms with van der Waals surface area (Å²) in [5.74, 6) is -0.767. The fourth-order valence-corrected chi connectivity index (χ4v) is 5.18. The fraction of sp³-hybridized carbons (Fsp3) is 0.536. The van der Waals surface area contributed by atoms with Crippen LogP contribution in [-0.4, -0.2) is 117 Å². The van der Waals surface area contributed by atoms with Crippen LogP contribution < -0.4 is 10.1 Å². The average molecular weight is 564 g/mol. The first kappa shape index (κ1) is 30.3. The molecule has 0 spiro atoms. The van der Waals surface area contributed by atoms with E-state index in [9.17, 15) is 40.5 Å². The van der Waals surface area contributed by atoms with E-state index in [1.165, 1.54) is 0 Å². The Hall–Kier alpha value is -2.65. The second-order valence-corrected chi connectivity index (χ2v) is 10.2. The van der Waals surface area contributed by atoms with Crippen LogP contribution in [0.4, 0.5) is 0 Å². The Morgan fingerprint density at radius 3 is 2.10 bits per heavy atom. The van der Waals surface area contributed by atoms with Crippen molar-refractivity contribution in [1.29, 1.82) is 0 Å². The standard InChI is InChI=1S/C28H37NO11/c1-29-22(32)10-14-3-2-4-16(9-14)15-5-7-17(8-6-15)38-28-24(34)18(23(33)20(12-30)40-28)11-19-25(35)27(37)26(36)21(13-31)39-19/h2-9,18-21,23-28,30-31,33-37H,10-13H2,1H3,(H,29,32). The number of carbonyl (C=O) groups excluding carboxylic acids is 1. The van der Waals surface area contributed by atoms with Crippen LogP contribution in [0.3, 0.4) is 0 Å². The Morgan fingerprint density at radius 2 is 1.45 bits per heavy atom. The second kappa shape index (κ2) is 13.3. The monoisotopic (exact) mass is 563 g/mol. The van der Waals surface area contributed by atoms with Gasteiger partial charge in [-0.3, -0.25) is 4.79 Å². The van der Waals surface area contributed by atoms with Crippen LogP contribution in [0.15, 0.2) is 48.5 Å². The smallest absolute Gasteiger partial charge is 0.226 e. The normalized spacial score (nSPS) is 34.3. The van der Waals surface area contributed by atoms with Crippen molar-refractivity contribution in [3.63, 3.8) is 0 Å². The highest BCUT2D eigenvalue weighted by Gasteiger charge is 2.50. The van der Waals surface area contributed by atoms with Crippen molar-refractivity contribution >= 4 is 5.91 Å². The molecule has 0 saturated carbocycles. The first-order chi connectivity index (χ1) is 19.2. The molecule has 2 saturated heterocycles. The molecule has 2 aliphatic heterocycles. The maximum Gasteiger partial charge on any atom is 0.226 e. The summed E-state index contributed by atoms with van der Waals surface area (Å²) in [6, 6.07) is 14.5. The van der Waals surface area contributed by atoms with Gasteiger partial charge in [0, 0.05) is 13.0 Å². The Balaban J connectivity index is 1.47. The molecule has 2 aromatic carbocycles. The van der Waals surface area contributed by atoms with Crippen LogP contribution in [0.2, 0.25) is 0 Å². The van der Waals surface area contributed by atoms with Crippen molar-refractivity contribution in [2.75, 3.05) is 20.3 Å². The lowest BCUT2D eigenvalue weighted by atomic mass is 9.81. The summed E-state index contributed by atoms with van der Waals surface area (Å²) in [6.45, 7) is -1.19. The topological polar surface area (TPSA) is 198 Å². The minimum Gasteiger partial charge on any atom is -0.462 e. The summed E-state index contributed by atoms with van der Waals surface area (Å²) in [5.41, 5.74) is 2.61. The van der Waals surface area contributed by atoms with Gasteiger partial charge in [-0.25, -0.2) is 0 Å². The van der Waals surface area contributed by atoms with E-state index in [1.807, 2.05) is 24.3 Å². The molecule has 12 heteroatoms. The predicted octanol–water partition coefficient (Wildman–Crippen LogP) is -1.69. The van der Waals surface area contributed by atoms with Gasteiger partial charge in [-0.15, -0.1) is 0 Å². The minimum absolute atomic E-state index is 0.0944. The Kier molecular flexibility index (Phi) is 10.1. The van der Waals surface area contributed by atoms with Crippen molar-refractivity contribution in [2.45, 2.75) is 68.0 Å². The molecule has 10 unspecified atom stereocenters. The summed E-state index contributed by atoms with van der Waals surface area (Å²) < 4.78 is 17.0. The molecule has 8 N–H and O–H groups in total. The van der Waals surface area contributed by atoms with Gasteiger partial charge in [-0.1, -0.05) is 36.4 Å². The number of aliphatic hydroxyl groups is 7. The van der Waals surface area contributed by atoms with Gasteiger partial charge in [0.15, 0.2) is 0 Å². The lowest BCUT2D eigenvalue weighted by Crippen LogP contribution is -2.62. The number of ether oxygens (including phenoxy) is 3. The first-order valence-electron chi connectivity index (χ1n) is 13.2. The number of rotatable bonds is 9. The van der Waals surface area contributed by atoms with E-state index in [-0.39, 0.29) is 18.7 Å². The predicted molar refractivity (Wildman–Crippen MR) is 140 cm³/mol. The number of aliphatic hydroxyl groups excluding tert-OH is 7. The Labute approximate surface area is 231 Å². The van der Waals surface area contributed by atoms with E-state index in [0.717, 1.165) is 16.7 Å². The van der Waals surface area contributed by atoms with Gasteiger partial charge >= 0.3 is 0 Å². The molecular formula is C28H37NO11. The molecule has 0 aromatic heterocycles. The highest BCUT2D eigenvalue weighted by Crippen LogP contribution is 2.35. The first-order valence-corrected chi connectivity index (χ1v) is 13.2. The molecule has 0 bridgehead atoms. The van der Waals surface area contributed by atoms with Crippen molar-refractivity contribution in [3.8, 4) is 16.9 Å².